The zero-order chi connectivity index (χ0) is 11.0. The van der Waals surface area contributed by atoms with Crippen LogP contribution in [0.1, 0.15) is 36.6 Å². The molecular formula is C12H16N4. The highest BCUT2D eigenvalue weighted by atomic mass is 15.3. The molecule has 0 spiro atoms. The van der Waals surface area contributed by atoms with E-state index in [-0.39, 0.29) is 0 Å². The number of fused-ring (bicyclic) bond motifs is 1. The second kappa shape index (κ2) is 3.87. The summed E-state index contributed by atoms with van der Waals surface area (Å²) in [4.78, 5) is 4.67. The molecule has 4 heteroatoms. The summed E-state index contributed by atoms with van der Waals surface area (Å²) in [6.07, 6.45) is 5.80. The maximum atomic E-state index is 4.67. The fourth-order valence-electron chi connectivity index (χ4n) is 2.15. The molecule has 2 aromatic heterocycles. The minimum Gasteiger partial charge on any atom is -0.316 e. The summed E-state index contributed by atoms with van der Waals surface area (Å²) < 4.78 is 1.90. The minimum atomic E-state index is 0.599. The smallest absolute Gasteiger partial charge is 0.160 e. The van der Waals surface area contributed by atoms with Crippen molar-refractivity contribution in [2.45, 2.75) is 31.7 Å². The van der Waals surface area contributed by atoms with Crippen molar-refractivity contribution in [3.63, 3.8) is 0 Å². The molecule has 0 saturated heterocycles. The molecular weight excluding hydrogens is 200 g/mol. The van der Waals surface area contributed by atoms with Crippen LogP contribution in [0.15, 0.2) is 18.3 Å². The second-order valence-corrected chi connectivity index (χ2v) is 4.43. The van der Waals surface area contributed by atoms with Gasteiger partial charge in [-0.3, -0.25) is 0 Å². The van der Waals surface area contributed by atoms with Gasteiger partial charge in [-0.1, -0.05) is 12.5 Å². The highest BCUT2D eigenvalue weighted by Gasteiger charge is 2.24. The van der Waals surface area contributed by atoms with Crippen LogP contribution in [0.5, 0.6) is 0 Å². The number of hydrogen-bond donors (Lipinski definition) is 1. The van der Waals surface area contributed by atoms with Gasteiger partial charge in [-0.05, 0) is 26.0 Å². The Hall–Kier alpha value is -1.42. The van der Waals surface area contributed by atoms with Crippen LogP contribution in [-0.2, 0) is 6.54 Å². The molecule has 3 rings (SSSR count). The third kappa shape index (κ3) is 1.50. The van der Waals surface area contributed by atoms with Crippen LogP contribution in [0, 0.1) is 0 Å². The minimum absolute atomic E-state index is 0.599. The summed E-state index contributed by atoms with van der Waals surface area (Å²) in [6, 6.07) is 4.13. The fourth-order valence-corrected chi connectivity index (χ4v) is 2.15. The Morgan fingerprint density at radius 1 is 1.50 bits per heavy atom. The van der Waals surface area contributed by atoms with E-state index in [0.717, 1.165) is 18.0 Å². The average Bonchev–Trinajstić information content (AvgIpc) is 2.59. The lowest BCUT2D eigenvalue weighted by Crippen LogP contribution is -2.10. The van der Waals surface area contributed by atoms with Crippen molar-refractivity contribution >= 4 is 5.65 Å². The largest absolute Gasteiger partial charge is 0.316 e. The zero-order valence-corrected chi connectivity index (χ0v) is 9.48. The summed E-state index contributed by atoms with van der Waals surface area (Å²) >= 11 is 0. The van der Waals surface area contributed by atoms with Gasteiger partial charge in [0.05, 0.1) is 0 Å². The fraction of sp³-hybridized carbons (Fsp3) is 0.500. The Morgan fingerprint density at radius 2 is 2.38 bits per heavy atom. The molecule has 0 amide bonds. The molecule has 2 aromatic rings. The molecule has 0 aromatic carbocycles. The van der Waals surface area contributed by atoms with Crippen molar-refractivity contribution in [1.82, 2.24) is 19.9 Å². The van der Waals surface area contributed by atoms with Crippen molar-refractivity contribution < 1.29 is 0 Å². The Labute approximate surface area is 94.7 Å². The van der Waals surface area contributed by atoms with Crippen LogP contribution in [-0.4, -0.2) is 21.6 Å². The molecule has 1 aliphatic rings. The highest BCUT2D eigenvalue weighted by molar-refractivity contribution is 5.47. The topological polar surface area (TPSA) is 42.2 Å². The van der Waals surface area contributed by atoms with Gasteiger partial charge in [0.25, 0.3) is 0 Å². The maximum absolute atomic E-state index is 4.67. The van der Waals surface area contributed by atoms with E-state index < -0.39 is 0 Å². The van der Waals surface area contributed by atoms with E-state index in [1.807, 2.05) is 23.8 Å². The van der Waals surface area contributed by atoms with Gasteiger partial charge < -0.3 is 5.32 Å². The van der Waals surface area contributed by atoms with Gasteiger partial charge in [0, 0.05) is 24.2 Å². The molecule has 84 valence electrons. The number of hydrogen-bond acceptors (Lipinski definition) is 3. The van der Waals surface area contributed by atoms with Crippen molar-refractivity contribution in [1.29, 1.82) is 0 Å². The summed E-state index contributed by atoms with van der Waals surface area (Å²) in [5, 5.41) is 7.72. The third-order valence-electron chi connectivity index (χ3n) is 3.30. The van der Waals surface area contributed by atoms with E-state index in [9.17, 15) is 0 Å². The van der Waals surface area contributed by atoms with Crippen LogP contribution in [0.4, 0.5) is 0 Å². The molecule has 2 heterocycles. The Kier molecular flexibility index (Phi) is 2.36. The molecule has 0 atom stereocenters. The molecule has 16 heavy (non-hydrogen) atoms. The number of aromatic nitrogens is 3. The monoisotopic (exact) mass is 216 g/mol. The Balaban J connectivity index is 2.05. The summed E-state index contributed by atoms with van der Waals surface area (Å²) in [5.74, 6) is 1.62. The van der Waals surface area contributed by atoms with E-state index in [1.54, 1.807) is 0 Å². The van der Waals surface area contributed by atoms with E-state index >= 15 is 0 Å². The van der Waals surface area contributed by atoms with Crippen LogP contribution in [0.3, 0.4) is 0 Å². The Morgan fingerprint density at radius 3 is 3.06 bits per heavy atom. The number of pyridine rings is 1. The molecule has 0 aliphatic heterocycles. The Bertz CT molecular complexity index is 499. The summed E-state index contributed by atoms with van der Waals surface area (Å²) in [7, 11) is 1.95. The van der Waals surface area contributed by atoms with Crippen molar-refractivity contribution in [2.24, 2.45) is 0 Å². The van der Waals surface area contributed by atoms with Gasteiger partial charge in [-0.25, -0.2) is 9.50 Å². The first-order valence-corrected chi connectivity index (χ1v) is 5.87. The van der Waals surface area contributed by atoms with Crippen molar-refractivity contribution in [3.8, 4) is 0 Å². The van der Waals surface area contributed by atoms with Crippen LogP contribution in [0.2, 0.25) is 0 Å². The molecule has 1 aliphatic carbocycles. The highest BCUT2D eigenvalue weighted by Crippen LogP contribution is 2.34. The predicted octanol–water partition coefficient (Wildman–Crippen LogP) is 1.72. The first-order chi connectivity index (χ1) is 7.88. The van der Waals surface area contributed by atoms with Gasteiger partial charge in [0.2, 0.25) is 0 Å². The zero-order valence-electron chi connectivity index (χ0n) is 9.48. The average molecular weight is 216 g/mol. The van der Waals surface area contributed by atoms with Crippen LogP contribution < -0.4 is 5.32 Å². The lowest BCUT2D eigenvalue weighted by Gasteiger charge is -2.21. The molecule has 0 unspecified atom stereocenters. The molecule has 1 fully saturated rings. The first kappa shape index (κ1) is 9.78. The van der Waals surface area contributed by atoms with E-state index in [2.05, 4.69) is 21.5 Å². The molecule has 1 saturated carbocycles. The van der Waals surface area contributed by atoms with Gasteiger partial charge in [-0.15, -0.1) is 0 Å². The van der Waals surface area contributed by atoms with Gasteiger partial charge in [0.15, 0.2) is 11.5 Å². The number of nitrogens with zero attached hydrogens (tertiary/aromatic N) is 3. The normalized spacial score (nSPS) is 16.6. The molecule has 4 nitrogen and oxygen atoms in total. The second-order valence-electron chi connectivity index (χ2n) is 4.43. The van der Waals surface area contributed by atoms with Crippen LogP contribution in [0.25, 0.3) is 5.65 Å². The lowest BCUT2D eigenvalue weighted by atomic mass is 9.85. The molecule has 0 bridgehead atoms. The lowest BCUT2D eigenvalue weighted by molar-refractivity contribution is 0.402. The van der Waals surface area contributed by atoms with Gasteiger partial charge in [-0.2, -0.15) is 5.10 Å². The predicted molar refractivity (Wildman–Crippen MR) is 62.3 cm³/mol. The SMILES string of the molecule is CNCc1cccn2nc(C3CCC3)nc12. The standard InChI is InChI=1S/C12H16N4/c1-13-8-10-6-3-7-16-12(10)14-11(15-16)9-4-2-5-9/h3,6-7,9,13H,2,4-5,8H2,1H3. The molecule has 0 radical (unpaired) electrons. The summed E-state index contributed by atoms with van der Waals surface area (Å²) in [5.41, 5.74) is 2.21. The van der Waals surface area contributed by atoms with Gasteiger partial charge in [0.1, 0.15) is 0 Å². The maximum Gasteiger partial charge on any atom is 0.160 e. The molecule has 1 N–H and O–H groups in total. The quantitative estimate of drug-likeness (QED) is 0.849. The summed E-state index contributed by atoms with van der Waals surface area (Å²) in [6.45, 7) is 0.840. The van der Waals surface area contributed by atoms with Crippen molar-refractivity contribution in [3.05, 3.63) is 29.7 Å². The first-order valence-electron chi connectivity index (χ1n) is 5.87. The van der Waals surface area contributed by atoms with E-state index in [4.69, 9.17) is 0 Å². The third-order valence-corrected chi connectivity index (χ3v) is 3.30. The number of rotatable bonds is 3. The van der Waals surface area contributed by atoms with Crippen molar-refractivity contribution in [2.75, 3.05) is 7.05 Å². The van der Waals surface area contributed by atoms with E-state index in [1.165, 1.54) is 24.8 Å². The van der Waals surface area contributed by atoms with Crippen LogP contribution >= 0.6 is 0 Å². The van der Waals surface area contributed by atoms with Gasteiger partial charge >= 0.3 is 0 Å². The number of nitrogens with one attached hydrogen (secondary N) is 1. The van der Waals surface area contributed by atoms with E-state index in [0.29, 0.717) is 5.92 Å².